The van der Waals surface area contributed by atoms with Crippen LogP contribution >= 0.6 is 0 Å². The second-order valence-corrected chi connectivity index (χ2v) is 4.49. The van der Waals surface area contributed by atoms with E-state index in [-0.39, 0.29) is 18.8 Å². The predicted molar refractivity (Wildman–Crippen MR) is 71.2 cm³/mol. The fraction of sp³-hybridized carbons (Fsp3) is 0.286. The van der Waals surface area contributed by atoms with Crippen LogP contribution in [-0.2, 0) is 6.54 Å². The lowest BCUT2D eigenvalue weighted by molar-refractivity contribution is 0.0681. The molecule has 1 aromatic carbocycles. The second kappa shape index (κ2) is 5.24. The maximum Gasteiger partial charge on any atom is 0.354 e. The first-order valence-electron chi connectivity index (χ1n) is 6.02. The molecular formula is C14H16N2O3. The van der Waals surface area contributed by atoms with Crippen LogP contribution in [0.2, 0.25) is 0 Å². The number of aromatic carboxylic acids is 1. The third-order valence-electron chi connectivity index (χ3n) is 2.97. The Bertz CT molecular complexity index is 617. The quantitative estimate of drug-likeness (QED) is 0.879. The van der Waals surface area contributed by atoms with Crippen molar-refractivity contribution in [1.82, 2.24) is 9.78 Å². The molecule has 0 amide bonds. The lowest BCUT2D eigenvalue weighted by atomic mass is 10.0. The van der Waals surface area contributed by atoms with E-state index in [1.807, 2.05) is 32.0 Å². The molecule has 1 aromatic heterocycles. The van der Waals surface area contributed by atoms with E-state index >= 15 is 0 Å². The fourth-order valence-corrected chi connectivity index (χ4v) is 2.09. The van der Waals surface area contributed by atoms with Gasteiger partial charge >= 0.3 is 5.97 Å². The third kappa shape index (κ3) is 2.66. The number of hydrogen-bond donors (Lipinski definition) is 2. The summed E-state index contributed by atoms with van der Waals surface area (Å²) in [6, 6.07) is 7.46. The molecule has 2 rings (SSSR count). The minimum atomic E-state index is -1.04. The topological polar surface area (TPSA) is 75.3 Å². The van der Waals surface area contributed by atoms with Crippen LogP contribution in [0.15, 0.2) is 24.3 Å². The molecule has 0 aliphatic rings. The Kier molecular flexibility index (Phi) is 3.66. The first-order chi connectivity index (χ1) is 9.02. The summed E-state index contributed by atoms with van der Waals surface area (Å²) < 4.78 is 1.32. The number of benzene rings is 1. The average molecular weight is 260 g/mol. The van der Waals surface area contributed by atoms with Crippen molar-refractivity contribution in [2.24, 2.45) is 0 Å². The van der Waals surface area contributed by atoms with Gasteiger partial charge in [-0.1, -0.05) is 23.8 Å². The van der Waals surface area contributed by atoms with Gasteiger partial charge in [-0.25, -0.2) is 4.79 Å². The number of aliphatic hydroxyl groups excluding tert-OH is 1. The van der Waals surface area contributed by atoms with Gasteiger partial charge in [0, 0.05) is 5.56 Å². The lowest BCUT2D eigenvalue weighted by Crippen LogP contribution is -2.12. The smallest absolute Gasteiger partial charge is 0.354 e. The Morgan fingerprint density at radius 1 is 1.32 bits per heavy atom. The summed E-state index contributed by atoms with van der Waals surface area (Å²) in [6.45, 7) is 4.00. The van der Waals surface area contributed by atoms with Gasteiger partial charge in [-0.2, -0.15) is 5.10 Å². The van der Waals surface area contributed by atoms with Gasteiger partial charge in [0.2, 0.25) is 0 Å². The zero-order valence-electron chi connectivity index (χ0n) is 10.9. The third-order valence-corrected chi connectivity index (χ3v) is 2.97. The van der Waals surface area contributed by atoms with Crippen molar-refractivity contribution in [1.29, 1.82) is 0 Å². The van der Waals surface area contributed by atoms with Gasteiger partial charge in [0.15, 0.2) is 0 Å². The van der Waals surface area contributed by atoms with Crippen molar-refractivity contribution in [3.63, 3.8) is 0 Å². The number of rotatable bonds is 4. The summed E-state index contributed by atoms with van der Waals surface area (Å²) in [5, 5.41) is 22.3. The van der Waals surface area contributed by atoms with Gasteiger partial charge in [-0.15, -0.1) is 0 Å². The maximum absolute atomic E-state index is 11.1. The van der Waals surface area contributed by atoms with Crippen molar-refractivity contribution < 1.29 is 15.0 Å². The summed E-state index contributed by atoms with van der Waals surface area (Å²) in [6.07, 6.45) is 0. The van der Waals surface area contributed by atoms with Gasteiger partial charge in [0.1, 0.15) is 5.69 Å². The van der Waals surface area contributed by atoms with E-state index in [2.05, 4.69) is 5.10 Å². The molecule has 5 heteroatoms. The van der Waals surface area contributed by atoms with Crippen molar-refractivity contribution in [2.75, 3.05) is 6.61 Å². The molecule has 5 nitrogen and oxygen atoms in total. The highest BCUT2D eigenvalue weighted by Gasteiger charge is 2.15. The van der Waals surface area contributed by atoms with E-state index in [0.717, 1.165) is 16.7 Å². The predicted octanol–water partition coefficient (Wildman–Crippen LogP) is 1.86. The first kappa shape index (κ1) is 13.3. The summed E-state index contributed by atoms with van der Waals surface area (Å²) in [7, 11) is 0. The van der Waals surface area contributed by atoms with Crippen LogP contribution in [0.3, 0.4) is 0 Å². The number of carbonyl (C=O) groups is 1. The van der Waals surface area contributed by atoms with E-state index in [9.17, 15) is 4.79 Å². The normalized spacial score (nSPS) is 10.7. The van der Waals surface area contributed by atoms with Crippen molar-refractivity contribution in [3.8, 4) is 11.3 Å². The molecule has 19 heavy (non-hydrogen) atoms. The van der Waals surface area contributed by atoms with Crippen LogP contribution in [-0.4, -0.2) is 32.6 Å². The van der Waals surface area contributed by atoms with Crippen molar-refractivity contribution in [2.45, 2.75) is 20.4 Å². The standard InChI is InChI=1S/C14H16N2O3/c1-9-3-4-11(10(2)7-9)12-8-13(14(18)19)16(15-12)5-6-17/h3-4,7-8,17H,5-6H2,1-2H3,(H,18,19). The molecule has 100 valence electrons. The minimum absolute atomic E-state index is 0.0871. The zero-order chi connectivity index (χ0) is 14.0. The number of carboxylic acids is 1. The molecule has 0 spiro atoms. The molecule has 1 heterocycles. The molecule has 2 N–H and O–H groups in total. The highest BCUT2D eigenvalue weighted by Crippen LogP contribution is 2.24. The van der Waals surface area contributed by atoms with Crippen LogP contribution in [0.1, 0.15) is 21.6 Å². The van der Waals surface area contributed by atoms with Gasteiger partial charge in [0.25, 0.3) is 0 Å². The molecule has 0 atom stereocenters. The van der Waals surface area contributed by atoms with Crippen LogP contribution in [0.5, 0.6) is 0 Å². The van der Waals surface area contributed by atoms with Crippen molar-refractivity contribution >= 4 is 5.97 Å². The highest BCUT2D eigenvalue weighted by atomic mass is 16.4. The number of nitrogens with zero attached hydrogens (tertiary/aromatic N) is 2. The van der Waals surface area contributed by atoms with Gasteiger partial charge in [0.05, 0.1) is 18.8 Å². The minimum Gasteiger partial charge on any atom is -0.477 e. The molecule has 0 radical (unpaired) electrons. The summed E-state index contributed by atoms with van der Waals surface area (Å²) in [4.78, 5) is 11.1. The number of hydrogen-bond acceptors (Lipinski definition) is 3. The first-order valence-corrected chi connectivity index (χ1v) is 6.02. The number of aromatic nitrogens is 2. The molecule has 0 saturated heterocycles. The van der Waals surface area contributed by atoms with Gasteiger partial charge in [-0.05, 0) is 25.5 Å². The molecule has 2 aromatic rings. The van der Waals surface area contributed by atoms with Crippen LogP contribution < -0.4 is 0 Å². The highest BCUT2D eigenvalue weighted by molar-refractivity contribution is 5.87. The molecule has 0 aliphatic heterocycles. The molecule has 0 aliphatic carbocycles. The Morgan fingerprint density at radius 3 is 2.63 bits per heavy atom. The monoisotopic (exact) mass is 260 g/mol. The Hall–Kier alpha value is -2.14. The Morgan fingerprint density at radius 2 is 2.05 bits per heavy atom. The maximum atomic E-state index is 11.1. The molecule has 0 unspecified atom stereocenters. The summed E-state index contributed by atoms with van der Waals surface area (Å²) in [5.41, 5.74) is 3.80. The number of carboxylic acid groups (broad SMARTS) is 1. The number of aryl methyl sites for hydroxylation is 2. The lowest BCUT2D eigenvalue weighted by Gasteiger charge is -2.03. The van der Waals surface area contributed by atoms with E-state index < -0.39 is 5.97 Å². The molecular weight excluding hydrogens is 244 g/mol. The van der Waals surface area contributed by atoms with Crippen molar-refractivity contribution in [3.05, 3.63) is 41.1 Å². The van der Waals surface area contributed by atoms with Crippen LogP contribution in [0.4, 0.5) is 0 Å². The average Bonchev–Trinajstić information content (AvgIpc) is 2.73. The Balaban J connectivity index is 2.50. The molecule has 0 fully saturated rings. The largest absolute Gasteiger partial charge is 0.477 e. The summed E-state index contributed by atoms with van der Waals surface area (Å²) in [5.74, 6) is -1.04. The second-order valence-electron chi connectivity index (χ2n) is 4.49. The number of aliphatic hydroxyl groups is 1. The van der Waals surface area contributed by atoms with Gasteiger partial charge in [-0.3, -0.25) is 4.68 Å². The molecule has 0 saturated carbocycles. The van der Waals surface area contributed by atoms with Crippen LogP contribution in [0, 0.1) is 13.8 Å². The van der Waals surface area contributed by atoms with E-state index in [1.165, 1.54) is 10.7 Å². The summed E-state index contributed by atoms with van der Waals surface area (Å²) >= 11 is 0. The zero-order valence-corrected chi connectivity index (χ0v) is 10.9. The van der Waals surface area contributed by atoms with E-state index in [4.69, 9.17) is 10.2 Å². The Labute approximate surface area is 111 Å². The molecule has 0 bridgehead atoms. The van der Waals surface area contributed by atoms with E-state index in [0.29, 0.717) is 5.69 Å². The van der Waals surface area contributed by atoms with Gasteiger partial charge < -0.3 is 10.2 Å². The fourth-order valence-electron chi connectivity index (χ4n) is 2.09. The SMILES string of the molecule is Cc1ccc(-c2cc(C(=O)O)n(CCO)n2)c(C)c1. The van der Waals surface area contributed by atoms with Crippen LogP contribution in [0.25, 0.3) is 11.3 Å². The van der Waals surface area contributed by atoms with E-state index in [1.54, 1.807) is 0 Å².